The van der Waals surface area contributed by atoms with Gasteiger partial charge in [-0.15, -0.1) is 0 Å². The molecule has 1 unspecified atom stereocenters. The second-order valence-corrected chi connectivity index (χ2v) is 4.61. The summed E-state index contributed by atoms with van der Waals surface area (Å²) in [5, 5.41) is 0. The quantitative estimate of drug-likeness (QED) is 0.736. The van der Waals surface area contributed by atoms with E-state index in [1.54, 1.807) is 0 Å². The van der Waals surface area contributed by atoms with Gasteiger partial charge in [0.05, 0.1) is 0 Å². The van der Waals surface area contributed by atoms with Crippen LogP contribution in [0.1, 0.15) is 36.9 Å². The van der Waals surface area contributed by atoms with Crippen LogP contribution in [0.15, 0.2) is 18.3 Å². The van der Waals surface area contributed by atoms with Crippen molar-refractivity contribution >= 4 is 0 Å². The van der Waals surface area contributed by atoms with Gasteiger partial charge in [0.1, 0.15) is 0 Å². The zero-order chi connectivity index (χ0) is 11.3. The Hall–Kier alpha value is -0.890. The van der Waals surface area contributed by atoms with Crippen LogP contribution in [0.4, 0.5) is 0 Å². The van der Waals surface area contributed by atoms with Crippen molar-refractivity contribution in [3.8, 4) is 0 Å². The van der Waals surface area contributed by atoms with Gasteiger partial charge in [0.2, 0.25) is 0 Å². The fourth-order valence-corrected chi connectivity index (χ4v) is 1.63. The van der Waals surface area contributed by atoms with Crippen molar-refractivity contribution in [2.45, 2.75) is 32.6 Å². The molecule has 1 heterocycles. The number of pyridine rings is 1. The van der Waals surface area contributed by atoms with Gasteiger partial charge >= 0.3 is 0 Å². The van der Waals surface area contributed by atoms with Crippen molar-refractivity contribution in [3.63, 3.8) is 0 Å². The lowest BCUT2D eigenvalue weighted by Gasteiger charge is -2.13. The summed E-state index contributed by atoms with van der Waals surface area (Å²) in [5.74, 6) is 0.575. The molecule has 1 rings (SSSR count). The molecule has 0 aliphatic rings. The first-order valence-electron chi connectivity index (χ1n) is 5.67. The Bertz CT molecular complexity index is 277. The predicted octanol–water partition coefficient (Wildman–Crippen LogP) is 2.84. The standard InChI is InChI=1S/C13H22N2/c1-11-7-8-13(14-10-11)12(2)6-5-9-15(3)4/h7-8,10,12H,5-6,9H2,1-4H3. The van der Waals surface area contributed by atoms with Crippen LogP contribution in [0, 0.1) is 6.92 Å². The van der Waals surface area contributed by atoms with E-state index in [0.717, 1.165) is 6.54 Å². The van der Waals surface area contributed by atoms with Gasteiger partial charge in [-0.2, -0.15) is 0 Å². The largest absolute Gasteiger partial charge is 0.309 e. The summed E-state index contributed by atoms with van der Waals surface area (Å²) in [6.45, 7) is 5.50. The summed E-state index contributed by atoms with van der Waals surface area (Å²) in [7, 11) is 4.24. The number of hydrogen-bond donors (Lipinski definition) is 0. The lowest BCUT2D eigenvalue weighted by Crippen LogP contribution is -2.13. The van der Waals surface area contributed by atoms with Gasteiger partial charge in [0, 0.05) is 11.9 Å². The van der Waals surface area contributed by atoms with Gasteiger partial charge in [-0.05, 0) is 58.0 Å². The number of aryl methyl sites for hydroxylation is 1. The van der Waals surface area contributed by atoms with E-state index in [0.29, 0.717) is 5.92 Å². The van der Waals surface area contributed by atoms with E-state index in [2.05, 4.69) is 50.0 Å². The van der Waals surface area contributed by atoms with Gasteiger partial charge < -0.3 is 4.90 Å². The summed E-state index contributed by atoms with van der Waals surface area (Å²) >= 11 is 0. The molecule has 0 radical (unpaired) electrons. The number of aromatic nitrogens is 1. The van der Waals surface area contributed by atoms with Gasteiger partial charge in [0.15, 0.2) is 0 Å². The number of hydrogen-bond acceptors (Lipinski definition) is 2. The second kappa shape index (κ2) is 5.86. The molecule has 0 N–H and O–H groups in total. The Morgan fingerprint density at radius 1 is 1.33 bits per heavy atom. The molecule has 0 bridgehead atoms. The molecule has 0 aromatic carbocycles. The molecule has 1 aromatic heterocycles. The Kier molecular flexibility index (Phi) is 4.76. The Labute approximate surface area is 93.3 Å². The zero-order valence-electron chi connectivity index (χ0n) is 10.3. The fraction of sp³-hybridized carbons (Fsp3) is 0.615. The highest BCUT2D eigenvalue weighted by atomic mass is 15.0. The molecule has 2 heteroatoms. The van der Waals surface area contributed by atoms with E-state index in [1.165, 1.54) is 24.1 Å². The predicted molar refractivity (Wildman–Crippen MR) is 65.2 cm³/mol. The maximum Gasteiger partial charge on any atom is 0.0431 e. The minimum absolute atomic E-state index is 0.575. The van der Waals surface area contributed by atoms with Crippen LogP contribution < -0.4 is 0 Å². The van der Waals surface area contributed by atoms with E-state index in [4.69, 9.17) is 0 Å². The molecule has 1 aromatic rings. The van der Waals surface area contributed by atoms with E-state index in [-0.39, 0.29) is 0 Å². The van der Waals surface area contributed by atoms with Gasteiger partial charge in [-0.25, -0.2) is 0 Å². The minimum Gasteiger partial charge on any atom is -0.309 e. The molecule has 0 fully saturated rings. The van der Waals surface area contributed by atoms with Crippen LogP contribution in [0.5, 0.6) is 0 Å². The third-order valence-electron chi connectivity index (χ3n) is 2.68. The van der Waals surface area contributed by atoms with E-state index < -0.39 is 0 Å². The summed E-state index contributed by atoms with van der Waals surface area (Å²) in [4.78, 5) is 6.69. The van der Waals surface area contributed by atoms with Gasteiger partial charge in [-0.1, -0.05) is 13.0 Å². The third kappa shape index (κ3) is 4.43. The highest BCUT2D eigenvalue weighted by Crippen LogP contribution is 2.18. The monoisotopic (exact) mass is 206 g/mol. The molecule has 0 saturated carbocycles. The summed E-state index contributed by atoms with van der Waals surface area (Å²) in [6, 6.07) is 4.29. The zero-order valence-corrected chi connectivity index (χ0v) is 10.3. The highest BCUT2D eigenvalue weighted by molar-refractivity contribution is 5.14. The first-order valence-corrected chi connectivity index (χ1v) is 5.67. The average Bonchev–Trinajstić information content (AvgIpc) is 2.18. The normalized spacial score (nSPS) is 13.1. The van der Waals surface area contributed by atoms with Crippen LogP contribution in [0.2, 0.25) is 0 Å². The van der Waals surface area contributed by atoms with Crippen molar-refractivity contribution in [2.75, 3.05) is 20.6 Å². The molecule has 0 aliphatic heterocycles. The van der Waals surface area contributed by atoms with Crippen LogP contribution in [-0.2, 0) is 0 Å². The highest BCUT2D eigenvalue weighted by Gasteiger charge is 2.06. The molecule has 15 heavy (non-hydrogen) atoms. The minimum atomic E-state index is 0.575. The first kappa shape index (κ1) is 12.2. The molecule has 1 atom stereocenters. The van der Waals surface area contributed by atoms with Crippen molar-refractivity contribution in [1.82, 2.24) is 9.88 Å². The molecule has 0 saturated heterocycles. The SMILES string of the molecule is Cc1ccc(C(C)CCCN(C)C)nc1. The van der Waals surface area contributed by atoms with E-state index in [1.807, 2.05) is 6.20 Å². The molecular formula is C13H22N2. The molecule has 84 valence electrons. The fourth-order valence-electron chi connectivity index (χ4n) is 1.63. The second-order valence-electron chi connectivity index (χ2n) is 4.61. The lowest BCUT2D eigenvalue weighted by atomic mass is 10.0. The Balaban J connectivity index is 2.40. The third-order valence-corrected chi connectivity index (χ3v) is 2.68. The van der Waals surface area contributed by atoms with Crippen LogP contribution >= 0.6 is 0 Å². The summed E-state index contributed by atoms with van der Waals surface area (Å²) in [5.41, 5.74) is 2.46. The van der Waals surface area contributed by atoms with Crippen molar-refractivity contribution in [1.29, 1.82) is 0 Å². The lowest BCUT2D eigenvalue weighted by molar-refractivity contribution is 0.387. The molecule has 0 aliphatic carbocycles. The molecule has 2 nitrogen and oxygen atoms in total. The smallest absolute Gasteiger partial charge is 0.0431 e. The average molecular weight is 206 g/mol. The van der Waals surface area contributed by atoms with Crippen LogP contribution in [0.25, 0.3) is 0 Å². The van der Waals surface area contributed by atoms with E-state index in [9.17, 15) is 0 Å². The topological polar surface area (TPSA) is 16.1 Å². The van der Waals surface area contributed by atoms with Crippen molar-refractivity contribution in [2.24, 2.45) is 0 Å². The van der Waals surface area contributed by atoms with Gasteiger partial charge in [-0.3, -0.25) is 4.98 Å². The molecule has 0 spiro atoms. The summed E-state index contributed by atoms with van der Waals surface area (Å²) < 4.78 is 0. The maximum absolute atomic E-state index is 4.46. The number of nitrogens with zero attached hydrogens (tertiary/aromatic N) is 2. The van der Waals surface area contributed by atoms with Crippen molar-refractivity contribution in [3.05, 3.63) is 29.6 Å². The van der Waals surface area contributed by atoms with Gasteiger partial charge in [0.25, 0.3) is 0 Å². The Morgan fingerprint density at radius 3 is 2.60 bits per heavy atom. The summed E-state index contributed by atoms with van der Waals surface area (Å²) in [6.07, 6.45) is 4.41. The number of rotatable bonds is 5. The van der Waals surface area contributed by atoms with Crippen molar-refractivity contribution < 1.29 is 0 Å². The van der Waals surface area contributed by atoms with Crippen LogP contribution in [0.3, 0.4) is 0 Å². The maximum atomic E-state index is 4.46. The van der Waals surface area contributed by atoms with E-state index >= 15 is 0 Å². The first-order chi connectivity index (χ1) is 7.09. The molecular weight excluding hydrogens is 184 g/mol. The molecule has 0 amide bonds. The van der Waals surface area contributed by atoms with Crippen LogP contribution in [-0.4, -0.2) is 30.5 Å². The Morgan fingerprint density at radius 2 is 2.07 bits per heavy atom.